The van der Waals surface area contributed by atoms with Crippen LogP contribution in [-0.2, 0) is 10.3 Å². The van der Waals surface area contributed by atoms with E-state index in [1.165, 1.54) is 0 Å². The van der Waals surface area contributed by atoms with Crippen molar-refractivity contribution in [3.8, 4) is 5.95 Å². The molecular weight excluding hydrogens is 338 g/mol. The van der Waals surface area contributed by atoms with E-state index in [-0.39, 0.29) is 5.95 Å². The molecule has 0 fully saturated rings. The minimum absolute atomic E-state index is 0.174. The lowest BCUT2D eigenvalue weighted by molar-refractivity contribution is 0.132. The molecule has 1 aliphatic rings. The number of hydrogen-bond acceptors (Lipinski definition) is 4. The predicted molar refractivity (Wildman–Crippen MR) is 104 cm³/mol. The fourth-order valence-corrected chi connectivity index (χ4v) is 3.66. The van der Waals surface area contributed by atoms with E-state index in [0.29, 0.717) is 23.6 Å². The minimum Gasteiger partial charge on any atom is -0.480 e. The number of hydrogen-bond donors (Lipinski definition) is 1. The van der Waals surface area contributed by atoms with Gasteiger partial charge in [0.05, 0.1) is 6.54 Å². The van der Waals surface area contributed by atoms with Gasteiger partial charge < -0.3 is 14.3 Å². The summed E-state index contributed by atoms with van der Waals surface area (Å²) in [5.74, 6) is 0.219. The Morgan fingerprint density at radius 3 is 2.04 bits per heavy atom. The molecule has 1 aliphatic heterocycles. The third-order valence-corrected chi connectivity index (χ3v) is 4.99. The number of ether oxygens (including phenoxy) is 1. The topological polar surface area (TPSA) is 55.0 Å². The number of furan rings is 1. The van der Waals surface area contributed by atoms with Gasteiger partial charge in [-0.3, -0.25) is 0 Å². The van der Waals surface area contributed by atoms with E-state index in [4.69, 9.17) is 9.15 Å². The normalized spacial score (nSPS) is 15.5. The van der Waals surface area contributed by atoms with Gasteiger partial charge in [-0.1, -0.05) is 78.9 Å². The molecule has 27 heavy (non-hydrogen) atoms. The summed E-state index contributed by atoms with van der Waals surface area (Å²) in [6.45, 7) is 0.426. The molecule has 0 unspecified atom stereocenters. The van der Waals surface area contributed by atoms with Crippen LogP contribution in [-0.4, -0.2) is 17.5 Å². The van der Waals surface area contributed by atoms with E-state index in [1.54, 1.807) is 0 Å². The Morgan fingerprint density at radius 2 is 1.37 bits per heavy atom. The molecule has 0 aliphatic carbocycles. The van der Waals surface area contributed by atoms with Crippen molar-refractivity contribution in [2.45, 2.75) is 5.60 Å². The Morgan fingerprint density at radius 1 is 0.778 bits per heavy atom. The zero-order chi connectivity index (χ0) is 18.3. The first kappa shape index (κ1) is 15.7. The third kappa shape index (κ3) is 2.41. The number of aliphatic imine (C=N–C) groups is 1. The van der Waals surface area contributed by atoms with Crippen molar-refractivity contribution in [2.24, 2.45) is 4.99 Å². The zero-order valence-corrected chi connectivity index (χ0v) is 14.5. The quantitative estimate of drug-likeness (QED) is 0.571. The van der Waals surface area contributed by atoms with Gasteiger partial charge in [-0.2, -0.15) is 0 Å². The molecule has 5 rings (SSSR count). The average Bonchev–Trinajstić information content (AvgIpc) is 3.30. The molecule has 0 amide bonds. The van der Waals surface area contributed by atoms with E-state index in [2.05, 4.69) is 4.99 Å². The molecule has 0 saturated heterocycles. The van der Waals surface area contributed by atoms with Crippen LogP contribution in [0.4, 0.5) is 0 Å². The first-order chi connectivity index (χ1) is 13.3. The van der Waals surface area contributed by atoms with Gasteiger partial charge in [0, 0.05) is 16.5 Å². The van der Waals surface area contributed by atoms with E-state index in [9.17, 15) is 5.11 Å². The third-order valence-electron chi connectivity index (χ3n) is 4.99. The van der Waals surface area contributed by atoms with Crippen LogP contribution in [0.2, 0.25) is 0 Å². The van der Waals surface area contributed by atoms with E-state index in [1.807, 2.05) is 84.9 Å². The fourth-order valence-electron chi connectivity index (χ4n) is 3.66. The molecule has 0 bridgehead atoms. The van der Waals surface area contributed by atoms with Crippen LogP contribution in [0.15, 0.2) is 94.3 Å². The van der Waals surface area contributed by atoms with Crippen LogP contribution < -0.4 is 0 Å². The lowest BCUT2D eigenvalue weighted by atomic mass is 9.86. The summed E-state index contributed by atoms with van der Waals surface area (Å²) in [7, 11) is 0. The van der Waals surface area contributed by atoms with Gasteiger partial charge in [0.1, 0.15) is 11.1 Å². The van der Waals surface area contributed by atoms with Gasteiger partial charge in [-0.05, 0) is 6.07 Å². The van der Waals surface area contributed by atoms with Crippen molar-refractivity contribution >= 4 is 16.9 Å². The van der Waals surface area contributed by atoms with Crippen LogP contribution in [0.25, 0.3) is 11.0 Å². The van der Waals surface area contributed by atoms with Gasteiger partial charge in [0.15, 0.2) is 5.60 Å². The van der Waals surface area contributed by atoms with Crippen molar-refractivity contribution in [1.29, 1.82) is 0 Å². The van der Waals surface area contributed by atoms with Crippen molar-refractivity contribution in [2.75, 3.05) is 6.54 Å². The van der Waals surface area contributed by atoms with Crippen molar-refractivity contribution in [1.82, 2.24) is 0 Å². The Kier molecular flexibility index (Phi) is 3.50. The molecule has 4 aromatic rings. The molecule has 0 radical (unpaired) electrons. The van der Waals surface area contributed by atoms with Gasteiger partial charge in [-0.25, -0.2) is 4.99 Å². The molecule has 0 spiro atoms. The minimum atomic E-state index is -0.733. The maximum atomic E-state index is 10.4. The van der Waals surface area contributed by atoms with Crippen LogP contribution in [0.1, 0.15) is 16.7 Å². The molecule has 1 aromatic heterocycles. The molecular formula is C23H17NO3. The summed E-state index contributed by atoms with van der Waals surface area (Å²) < 4.78 is 12.0. The summed E-state index contributed by atoms with van der Waals surface area (Å²) in [6, 6.07) is 27.6. The zero-order valence-electron chi connectivity index (χ0n) is 14.5. The largest absolute Gasteiger partial charge is 0.480 e. The van der Waals surface area contributed by atoms with E-state index < -0.39 is 5.60 Å². The number of para-hydroxylation sites is 1. The van der Waals surface area contributed by atoms with Crippen molar-refractivity contribution in [3.63, 3.8) is 0 Å². The highest BCUT2D eigenvalue weighted by molar-refractivity contribution is 6.09. The predicted octanol–water partition coefficient (Wildman–Crippen LogP) is 4.86. The summed E-state index contributed by atoms with van der Waals surface area (Å²) in [5.41, 5.74) is 2.40. The first-order valence-electron chi connectivity index (χ1n) is 8.83. The maximum Gasteiger partial charge on any atom is 0.296 e. The molecule has 0 atom stereocenters. The smallest absolute Gasteiger partial charge is 0.296 e. The lowest BCUT2D eigenvalue weighted by Gasteiger charge is -2.29. The summed E-state index contributed by atoms with van der Waals surface area (Å²) >= 11 is 0. The SMILES string of the molecule is Oc1oc2ccccc2c1C1=NCC(c2ccccc2)(c2ccccc2)O1. The number of benzene rings is 3. The number of fused-ring (bicyclic) bond motifs is 1. The molecule has 4 nitrogen and oxygen atoms in total. The monoisotopic (exact) mass is 355 g/mol. The number of aromatic hydroxyl groups is 1. The Labute approximate surface area is 156 Å². The molecule has 0 saturated carbocycles. The van der Waals surface area contributed by atoms with Gasteiger partial charge in [0.2, 0.25) is 5.90 Å². The lowest BCUT2D eigenvalue weighted by Crippen LogP contribution is -2.32. The van der Waals surface area contributed by atoms with Crippen LogP contribution in [0, 0.1) is 0 Å². The maximum absolute atomic E-state index is 10.4. The van der Waals surface area contributed by atoms with Crippen molar-refractivity contribution < 1.29 is 14.3 Å². The number of rotatable bonds is 3. The van der Waals surface area contributed by atoms with Gasteiger partial charge >= 0.3 is 0 Å². The van der Waals surface area contributed by atoms with E-state index in [0.717, 1.165) is 16.5 Å². The highest BCUT2D eigenvalue weighted by Gasteiger charge is 2.43. The van der Waals surface area contributed by atoms with Crippen LogP contribution in [0.5, 0.6) is 5.95 Å². The Bertz CT molecular complexity index is 1090. The molecule has 1 N–H and O–H groups in total. The Hall–Kier alpha value is -3.53. The Balaban J connectivity index is 1.64. The molecule has 3 aromatic carbocycles. The fraction of sp³-hybridized carbons (Fsp3) is 0.0870. The second-order valence-electron chi connectivity index (χ2n) is 6.56. The standard InChI is InChI=1S/C23H17NO3/c25-22-20(18-13-7-8-14-19(18)26-22)21-24-15-23(27-21,16-9-3-1-4-10-16)17-11-5-2-6-12-17/h1-14,25H,15H2. The van der Waals surface area contributed by atoms with Gasteiger partial charge in [0.25, 0.3) is 5.95 Å². The van der Waals surface area contributed by atoms with Crippen LogP contribution in [0.3, 0.4) is 0 Å². The molecule has 132 valence electrons. The van der Waals surface area contributed by atoms with Gasteiger partial charge in [-0.15, -0.1) is 0 Å². The highest BCUT2D eigenvalue weighted by Crippen LogP contribution is 2.41. The average molecular weight is 355 g/mol. The number of nitrogens with zero attached hydrogens (tertiary/aromatic N) is 1. The molecule has 2 heterocycles. The first-order valence-corrected chi connectivity index (χ1v) is 8.83. The highest BCUT2D eigenvalue weighted by atomic mass is 16.5. The van der Waals surface area contributed by atoms with E-state index >= 15 is 0 Å². The molecule has 4 heteroatoms. The summed E-state index contributed by atoms with van der Waals surface area (Å²) in [5, 5.41) is 11.2. The van der Waals surface area contributed by atoms with Crippen molar-refractivity contribution in [3.05, 3.63) is 102 Å². The summed E-state index contributed by atoms with van der Waals surface area (Å²) in [4.78, 5) is 4.67. The van der Waals surface area contributed by atoms with Crippen LogP contribution >= 0.6 is 0 Å². The second-order valence-corrected chi connectivity index (χ2v) is 6.56. The summed E-state index contributed by atoms with van der Waals surface area (Å²) in [6.07, 6.45) is 0. The second kappa shape index (κ2) is 6.02.